The van der Waals surface area contributed by atoms with Crippen LogP contribution in [0.4, 0.5) is 0 Å². The highest BCUT2D eigenvalue weighted by molar-refractivity contribution is 6.23. The van der Waals surface area contributed by atoms with Crippen molar-refractivity contribution < 1.29 is 0 Å². The third-order valence-corrected chi connectivity index (χ3v) is 13.8. The lowest BCUT2D eigenvalue weighted by molar-refractivity contribution is 0.474. The minimum atomic E-state index is 0.132. The zero-order valence-electron chi connectivity index (χ0n) is 32.3. The van der Waals surface area contributed by atoms with E-state index in [-0.39, 0.29) is 5.41 Å². The van der Waals surface area contributed by atoms with Crippen molar-refractivity contribution in [3.8, 4) is 22.3 Å². The number of benzene rings is 6. The van der Waals surface area contributed by atoms with Crippen LogP contribution in [0.15, 0.2) is 157 Å². The maximum absolute atomic E-state index is 2.62. The Kier molecular flexibility index (Phi) is 7.51. The van der Waals surface area contributed by atoms with E-state index in [4.69, 9.17) is 0 Å². The Hall–Kier alpha value is -5.46. The number of hydrogen-bond acceptors (Lipinski definition) is 0. The fourth-order valence-corrected chi connectivity index (χ4v) is 11.4. The molecule has 0 radical (unpaired) electrons. The molecule has 6 aromatic rings. The highest BCUT2D eigenvalue weighted by atomic mass is 14.5. The molecule has 0 nitrogen and oxygen atoms in total. The van der Waals surface area contributed by atoms with Gasteiger partial charge in [-0.3, -0.25) is 0 Å². The molecular formula is C55H48. The Labute approximate surface area is 326 Å². The van der Waals surface area contributed by atoms with Gasteiger partial charge in [-0.05, 0) is 150 Å². The van der Waals surface area contributed by atoms with E-state index in [1.54, 1.807) is 11.1 Å². The third-order valence-electron chi connectivity index (χ3n) is 13.8. The summed E-state index contributed by atoms with van der Waals surface area (Å²) in [5, 5.41) is 5.70. The van der Waals surface area contributed by atoms with Crippen LogP contribution in [0, 0.1) is 17.3 Å². The number of hydrogen-bond donors (Lipinski definition) is 0. The van der Waals surface area contributed by atoms with Gasteiger partial charge < -0.3 is 0 Å². The number of allylic oxidation sites excluding steroid dienone is 9. The number of fused-ring (bicyclic) bond motifs is 6. The van der Waals surface area contributed by atoms with Crippen LogP contribution >= 0.6 is 0 Å². The molecule has 4 atom stereocenters. The predicted molar refractivity (Wildman–Crippen MR) is 234 cm³/mol. The highest BCUT2D eigenvalue weighted by Crippen LogP contribution is 2.64. The largest absolute Gasteiger partial charge is 0.0808 e. The topological polar surface area (TPSA) is 0 Å². The van der Waals surface area contributed by atoms with Gasteiger partial charge in [-0.15, -0.1) is 0 Å². The first-order valence-electron chi connectivity index (χ1n) is 20.7. The lowest BCUT2D eigenvalue weighted by Crippen LogP contribution is -2.18. The molecule has 0 N–H and O–H groups in total. The van der Waals surface area contributed by atoms with Gasteiger partial charge >= 0.3 is 0 Å². The Morgan fingerprint density at radius 2 is 1.42 bits per heavy atom. The van der Waals surface area contributed by atoms with Crippen LogP contribution in [0.5, 0.6) is 0 Å². The molecule has 5 aliphatic rings. The van der Waals surface area contributed by atoms with Gasteiger partial charge in [0.15, 0.2) is 0 Å². The summed E-state index contributed by atoms with van der Waals surface area (Å²) >= 11 is 0. The van der Waals surface area contributed by atoms with Gasteiger partial charge in [0.2, 0.25) is 0 Å². The summed E-state index contributed by atoms with van der Waals surface area (Å²) in [6, 6.07) is 41.7. The maximum atomic E-state index is 2.62. The first kappa shape index (κ1) is 32.9. The zero-order chi connectivity index (χ0) is 36.8. The van der Waals surface area contributed by atoms with E-state index in [2.05, 4.69) is 172 Å². The molecule has 0 saturated heterocycles. The average molecular weight is 709 g/mol. The van der Waals surface area contributed by atoms with Gasteiger partial charge in [0.05, 0.1) is 0 Å². The first-order chi connectivity index (χ1) is 26.9. The van der Waals surface area contributed by atoms with Gasteiger partial charge in [-0.25, -0.2) is 0 Å². The van der Waals surface area contributed by atoms with E-state index in [1.807, 2.05) is 0 Å². The summed E-state index contributed by atoms with van der Waals surface area (Å²) in [6.07, 6.45) is 22.7. The molecule has 0 amide bonds. The van der Waals surface area contributed by atoms with E-state index in [0.29, 0.717) is 23.7 Å². The smallest absolute Gasteiger partial charge is 0.0130 e. The van der Waals surface area contributed by atoms with Crippen LogP contribution in [0.3, 0.4) is 0 Å². The van der Waals surface area contributed by atoms with E-state index in [9.17, 15) is 0 Å². The van der Waals surface area contributed by atoms with Crippen molar-refractivity contribution in [1.82, 2.24) is 0 Å². The maximum Gasteiger partial charge on any atom is 0.0130 e. The molecule has 1 saturated carbocycles. The molecule has 11 rings (SSSR count). The molecule has 0 spiro atoms. The lowest BCUT2D eigenvalue weighted by Gasteiger charge is -2.33. The summed E-state index contributed by atoms with van der Waals surface area (Å²) in [6.45, 7) is 7.11. The van der Waals surface area contributed by atoms with Crippen LogP contribution < -0.4 is 0 Å². The highest BCUT2D eigenvalue weighted by Gasteiger charge is 2.48. The standard InChI is InChI=1S/C55H48/c1-55(2,3)41-31-39-19-10-11-24-42(39)46(33-41)34-20-12-23-40-32-47-50(35-15-6-4-7-16-35)53-44-26-14-22-38-29-30-45(49(38)44)54(53)51(36-17-8-5-9-18-36)52(47)43-25-13-21-37(28-27-34)48(40)43/h4-22,24-27,31-32,38,45-46,49H,23,28-30,33H2,1-3H3. The minimum absolute atomic E-state index is 0.132. The Bertz CT molecular complexity index is 2700. The monoisotopic (exact) mass is 708 g/mol. The lowest BCUT2D eigenvalue weighted by atomic mass is 9.71. The van der Waals surface area contributed by atoms with Gasteiger partial charge in [0.25, 0.3) is 0 Å². The fourth-order valence-electron chi connectivity index (χ4n) is 11.4. The first-order valence-corrected chi connectivity index (χ1v) is 20.7. The van der Waals surface area contributed by atoms with Crippen molar-refractivity contribution in [2.75, 3.05) is 0 Å². The average Bonchev–Trinajstić information content (AvgIpc) is 3.81. The second-order valence-electron chi connectivity index (χ2n) is 17.8. The molecule has 5 aliphatic carbocycles. The molecule has 0 heteroatoms. The van der Waals surface area contributed by atoms with Crippen molar-refractivity contribution in [3.05, 3.63) is 190 Å². The van der Waals surface area contributed by atoms with Crippen LogP contribution in [-0.4, -0.2) is 0 Å². The van der Waals surface area contributed by atoms with Crippen LogP contribution in [-0.2, 0) is 12.8 Å². The van der Waals surface area contributed by atoms with Crippen molar-refractivity contribution >= 4 is 33.2 Å². The van der Waals surface area contributed by atoms with E-state index >= 15 is 0 Å². The number of rotatable bonds is 3. The quantitative estimate of drug-likeness (QED) is 0.161. The molecule has 4 unspecified atom stereocenters. The van der Waals surface area contributed by atoms with E-state index in [0.717, 1.165) is 19.3 Å². The minimum Gasteiger partial charge on any atom is -0.0808 e. The van der Waals surface area contributed by atoms with E-state index < -0.39 is 0 Å². The van der Waals surface area contributed by atoms with Gasteiger partial charge in [-0.1, -0.05) is 172 Å². The Balaban J connectivity index is 1.18. The molecule has 1 fully saturated rings. The summed E-state index contributed by atoms with van der Waals surface area (Å²) in [4.78, 5) is 0. The molecule has 0 aromatic heterocycles. The van der Waals surface area contributed by atoms with E-state index in [1.165, 1.54) is 95.6 Å². The summed E-state index contributed by atoms with van der Waals surface area (Å²) in [5.41, 5.74) is 19.1. The summed E-state index contributed by atoms with van der Waals surface area (Å²) < 4.78 is 0. The van der Waals surface area contributed by atoms with Crippen molar-refractivity contribution in [2.45, 2.75) is 64.7 Å². The zero-order valence-corrected chi connectivity index (χ0v) is 32.3. The summed E-state index contributed by atoms with van der Waals surface area (Å²) in [7, 11) is 0. The summed E-state index contributed by atoms with van der Waals surface area (Å²) in [5.74, 6) is 2.09. The molecule has 0 aliphatic heterocycles. The van der Waals surface area contributed by atoms with Crippen LogP contribution in [0.2, 0.25) is 0 Å². The molecular weight excluding hydrogens is 661 g/mol. The van der Waals surface area contributed by atoms with Crippen molar-refractivity contribution in [1.29, 1.82) is 0 Å². The van der Waals surface area contributed by atoms with Crippen LogP contribution in [0.25, 0.3) is 55.4 Å². The third kappa shape index (κ3) is 5.10. The molecule has 0 bridgehead atoms. The second kappa shape index (κ2) is 12.5. The SMILES string of the molecule is CC(C)(C)C1=Cc2ccccc2C(C2=CCc3cccc4c3c(cc3c(-c5ccccc5)c5c(c(-c6ccccc6)c34)C3CCC4C=CC=C5C43)CC=C2)C1. The second-order valence-corrected chi connectivity index (χ2v) is 17.8. The molecule has 55 heavy (non-hydrogen) atoms. The fraction of sp³-hybridized carbons (Fsp3) is 0.236. The molecule has 268 valence electrons. The molecule has 6 aromatic carbocycles. The van der Waals surface area contributed by atoms with Gasteiger partial charge in [0, 0.05) is 5.92 Å². The van der Waals surface area contributed by atoms with Gasteiger partial charge in [-0.2, -0.15) is 0 Å². The van der Waals surface area contributed by atoms with Crippen LogP contribution in [0.1, 0.15) is 85.3 Å². The molecule has 0 heterocycles. The van der Waals surface area contributed by atoms with Crippen molar-refractivity contribution in [2.24, 2.45) is 17.3 Å². The van der Waals surface area contributed by atoms with Crippen molar-refractivity contribution in [3.63, 3.8) is 0 Å². The van der Waals surface area contributed by atoms with Gasteiger partial charge in [0.1, 0.15) is 0 Å². The Morgan fingerprint density at radius 1 is 0.655 bits per heavy atom. The Morgan fingerprint density at radius 3 is 2.22 bits per heavy atom. The predicted octanol–water partition coefficient (Wildman–Crippen LogP) is 14.6. The normalized spacial score (nSPS) is 22.3.